The number of nitrogens with one attached hydrogen (secondary N) is 2. The molecule has 2 unspecified atom stereocenters. The zero-order valence-electron chi connectivity index (χ0n) is 15.0. The molecule has 6 heteroatoms. The standard InChI is InChI=1S/C18H28N4O2/c1-13-12-21(3)10-9-17(13)22(4)18(24)19-11-15-7-5-6-8-16(15)20-14(2)23/h5-8,13,17H,9-12H2,1-4H3,(H,19,24)(H,20,23). The van der Waals surface area contributed by atoms with Gasteiger partial charge >= 0.3 is 6.03 Å². The average Bonchev–Trinajstić information content (AvgIpc) is 2.52. The third-order valence-electron chi connectivity index (χ3n) is 4.64. The van der Waals surface area contributed by atoms with Gasteiger partial charge in [0.2, 0.25) is 5.91 Å². The van der Waals surface area contributed by atoms with Crippen LogP contribution in [-0.2, 0) is 11.3 Å². The molecule has 1 aromatic rings. The van der Waals surface area contributed by atoms with Gasteiger partial charge in [-0.2, -0.15) is 0 Å². The van der Waals surface area contributed by atoms with Gasteiger partial charge < -0.3 is 20.4 Å². The number of anilines is 1. The first kappa shape index (κ1) is 18.3. The molecule has 1 aliphatic heterocycles. The van der Waals surface area contributed by atoms with Crippen molar-refractivity contribution in [2.75, 3.05) is 32.5 Å². The van der Waals surface area contributed by atoms with Gasteiger partial charge in [0.1, 0.15) is 0 Å². The summed E-state index contributed by atoms with van der Waals surface area (Å²) in [5.74, 6) is 0.331. The molecule has 0 aromatic heterocycles. The largest absolute Gasteiger partial charge is 0.334 e. The van der Waals surface area contributed by atoms with Crippen LogP contribution in [0.1, 0.15) is 25.8 Å². The number of para-hydroxylation sites is 1. The van der Waals surface area contributed by atoms with Crippen molar-refractivity contribution in [3.05, 3.63) is 29.8 Å². The van der Waals surface area contributed by atoms with E-state index < -0.39 is 0 Å². The van der Waals surface area contributed by atoms with E-state index in [0.717, 1.165) is 30.8 Å². The van der Waals surface area contributed by atoms with Crippen molar-refractivity contribution in [3.8, 4) is 0 Å². The highest BCUT2D eigenvalue weighted by atomic mass is 16.2. The first-order valence-electron chi connectivity index (χ1n) is 8.43. The summed E-state index contributed by atoms with van der Waals surface area (Å²) in [6.45, 7) is 6.08. The topological polar surface area (TPSA) is 64.7 Å². The normalized spacial score (nSPS) is 21.2. The van der Waals surface area contributed by atoms with Crippen LogP contribution in [0.25, 0.3) is 0 Å². The number of likely N-dealkylation sites (tertiary alicyclic amines) is 1. The van der Waals surface area contributed by atoms with E-state index >= 15 is 0 Å². The van der Waals surface area contributed by atoms with Crippen molar-refractivity contribution in [3.63, 3.8) is 0 Å². The van der Waals surface area contributed by atoms with E-state index in [-0.39, 0.29) is 18.0 Å². The summed E-state index contributed by atoms with van der Waals surface area (Å²) in [5.41, 5.74) is 1.63. The van der Waals surface area contributed by atoms with Gasteiger partial charge in [-0.3, -0.25) is 4.79 Å². The Kier molecular flexibility index (Phi) is 6.20. The third-order valence-corrected chi connectivity index (χ3v) is 4.64. The molecule has 1 aromatic carbocycles. The minimum absolute atomic E-state index is 0.0750. The van der Waals surface area contributed by atoms with Gasteiger partial charge in [-0.1, -0.05) is 25.1 Å². The molecule has 2 atom stereocenters. The molecule has 2 N–H and O–H groups in total. The lowest BCUT2D eigenvalue weighted by Gasteiger charge is -2.39. The lowest BCUT2D eigenvalue weighted by atomic mass is 9.93. The van der Waals surface area contributed by atoms with E-state index in [4.69, 9.17) is 0 Å². The van der Waals surface area contributed by atoms with Crippen molar-refractivity contribution in [2.24, 2.45) is 5.92 Å². The number of carbonyl (C=O) groups is 2. The maximum atomic E-state index is 12.5. The Balaban J connectivity index is 1.94. The van der Waals surface area contributed by atoms with Crippen LogP contribution in [0.4, 0.5) is 10.5 Å². The number of carbonyl (C=O) groups excluding carboxylic acids is 2. The van der Waals surface area contributed by atoms with Gasteiger partial charge in [0.25, 0.3) is 0 Å². The second kappa shape index (κ2) is 8.15. The average molecular weight is 332 g/mol. The summed E-state index contributed by atoms with van der Waals surface area (Å²) in [7, 11) is 3.98. The van der Waals surface area contributed by atoms with Gasteiger partial charge in [0, 0.05) is 38.8 Å². The summed E-state index contributed by atoms with van der Waals surface area (Å²) < 4.78 is 0. The molecule has 2 rings (SSSR count). The summed E-state index contributed by atoms with van der Waals surface area (Å²) in [6, 6.07) is 7.69. The van der Waals surface area contributed by atoms with E-state index in [1.54, 1.807) is 0 Å². The number of rotatable bonds is 4. The molecule has 1 aliphatic rings. The van der Waals surface area contributed by atoms with E-state index in [0.29, 0.717) is 12.5 Å². The third kappa shape index (κ3) is 4.71. The Hall–Kier alpha value is -2.08. The van der Waals surface area contributed by atoms with Crippen molar-refractivity contribution >= 4 is 17.6 Å². The molecule has 0 bridgehead atoms. The molecule has 24 heavy (non-hydrogen) atoms. The van der Waals surface area contributed by atoms with Crippen molar-refractivity contribution in [2.45, 2.75) is 32.9 Å². The number of piperidine rings is 1. The highest BCUT2D eigenvalue weighted by molar-refractivity contribution is 5.89. The second-order valence-electron chi connectivity index (χ2n) is 6.70. The summed E-state index contributed by atoms with van der Waals surface area (Å²) in [4.78, 5) is 27.9. The number of hydrogen-bond acceptors (Lipinski definition) is 3. The van der Waals surface area contributed by atoms with Crippen LogP contribution in [-0.4, -0.2) is 55.0 Å². The van der Waals surface area contributed by atoms with Crippen LogP contribution < -0.4 is 10.6 Å². The molecule has 0 aliphatic carbocycles. The minimum Gasteiger partial charge on any atom is -0.334 e. The molecular weight excluding hydrogens is 304 g/mol. The monoisotopic (exact) mass is 332 g/mol. The SMILES string of the molecule is CC(=O)Nc1ccccc1CNC(=O)N(C)C1CCN(C)CC1C. The maximum absolute atomic E-state index is 12.5. The first-order chi connectivity index (χ1) is 11.4. The summed E-state index contributed by atoms with van der Waals surface area (Å²) in [6.07, 6.45) is 0.990. The fraction of sp³-hybridized carbons (Fsp3) is 0.556. The van der Waals surface area contributed by atoms with Gasteiger partial charge in [0.05, 0.1) is 0 Å². The molecular formula is C18H28N4O2. The number of amides is 3. The van der Waals surface area contributed by atoms with E-state index in [1.807, 2.05) is 36.2 Å². The van der Waals surface area contributed by atoms with E-state index in [2.05, 4.69) is 29.5 Å². The Labute approximate surface area is 144 Å². The van der Waals surface area contributed by atoms with Crippen LogP contribution in [0, 0.1) is 5.92 Å². The van der Waals surface area contributed by atoms with Crippen LogP contribution in [0.5, 0.6) is 0 Å². The highest BCUT2D eigenvalue weighted by Crippen LogP contribution is 2.20. The fourth-order valence-corrected chi connectivity index (χ4v) is 3.35. The predicted molar refractivity (Wildman–Crippen MR) is 95.8 cm³/mol. The van der Waals surface area contributed by atoms with Crippen LogP contribution in [0.3, 0.4) is 0 Å². The molecule has 1 fully saturated rings. The Morgan fingerprint density at radius 3 is 2.71 bits per heavy atom. The number of benzene rings is 1. The van der Waals surface area contributed by atoms with Crippen molar-refractivity contribution in [1.82, 2.24) is 15.1 Å². The van der Waals surface area contributed by atoms with Gasteiger partial charge in [-0.25, -0.2) is 4.79 Å². The molecule has 3 amide bonds. The van der Waals surface area contributed by atoms with Gasteiger partial charge in [-0.15, -0.1) is 0 Å². The Morgan fingerprint density at radius 2 is 2.04 bits per heavy atom. The van der Waals surface area contributed by atoms with Crippen LogP contribution >= 0.6 is 0 Å². The molecule has 6 nitrogen and oxygen atoms in total. The minimum atomic E-state index is -0.119. The summed E-state index contributed by atoms with van der Waals surface area (Å²) in [5, 5.41) is 5.76. The smallest absolute Gasteiger partial charge is 0.317 e. The zero-order valence-corrected chi connectivity index (χ0v) is 15.0. The van der Waals surface area contributed by atoms with E-state index in [9.17, 15) is 9.59 Å². The molecule has 0 saturated carbocycles. The van der Waals surface area contributed by atoms with Crippen molar-refractivity contribution < 1.29 is 9.59 Å². The molecule has 1 saturated heterocycles. The molecule has 132 valence electrons. The van der Waals surface area contributed by atoms with Crippen LogP contribution in [0.15, 0.2) is 24.3 Å². The molecule has 0 spiro atoms. The van der Waals surface area contributed by atoms with Gasteiger partial charge in [0.15, 0.2) is 0 Å². The quantitative estimate of drug-likeness (QED) is 0.888. The Morgan fingerprint density at radius 1 is 1.33 bits per heavy atom. The fourth-order valence-electron chi connectivity index (χ4n) is 3.35. The lowest BCUT2D eigenvalue weighted by molar-refractivity contribution is -0.114. The number of urea groups is 1. The Bertz CT molecular complexity index is 590. The van der Waals surface area contributed by atoms with E-state index in [1.165, 1.54) is 6.92 Å². The number of hydrogen-bond donors (Lipinski definition) is 2. The second-order valence-corrected chi connectivity index (χ2v) is 6.70. The van der Waals surface area contributed by atoms with Crippen molar-refractivity contribution in [1.29, 1.82) is 0 Å². The number of nitrogens with zero attached hydrogens (tertiary/aromatic N) is 2. The molecule has 0 radical (unpaired) electrons. The predicted octanol–water partition coefficient (Wildman–Crippen LogP) is 2.13. The maximum Gasteiger partial charge on any atom is 0.317 e. The lowest BCUT2D eigenvalue weighted by Crippen LogP contribution is -2.52. The molecule has 1 heterocycles. The highest BCUT2D eigenvalue weighted by Gasteiger charge is 2.29. The van der Waals surface area contributed by atoms with Crippen LogP contribution in [0.2, 0.25) is 0 Å². The summed E-state index contributed by atoms with van der Waals surface area (Å²) >= 11 is 0. The zero-order chi connectivity index (χ0) is 17.7. The first-order valence-corrected chi connectivity index (χ1v) is 8.43. The van der Waals surface area contributed by atoms with Gasteiger partial charge in [-0.05, 0) is 37.6 Å².